The van der Waals surface area contributed by atoms with Crippen LogP contribution in [0.25, 0.3) is 6.08 Å². The molecule has 29 heavy (non-hydrogen) atoms. The van der Waals surface area contributed by atoms with E-state index in [9.17, 15) is 20.0 Å². The number of hydrogen-bond donors (Lipinski definition) is 1. The van der Waals surface area contributed by atoms with Gasteiger partial charge in [0.2, 0.25) is 0 Å². The van der Waals surface area contributed by atoms with Crippen LogP contribution in [-0.4, -0.2) is 21.6 Å². The predicted octanol–water partition coefficient (Wildman–Crippen LogP) is 5.34. The highest BCUT2D eigenvalue weighted by atomic mass is 127. The highest BCUT2D eigenvalue weighted by molar-refractivity contribution is 14.1. The third-order valence-electron chi connectivity index (χ3n) is 4.25. The van der Waals surface area contributed by atoms with Crippen molar-refractivity contribution in [3.05, 3.63) is 64.8 Å². The first kappa shape index (κ1) is 21.7. The molecule has 0 radical (unpaired) electrons. The topological polar surface area (TPSA) is 96.0 Å². The van der Waals surface area contributed by atoms with Gasteiger partial charge < -0.3 is 5.11 Å². The van der Waals surface area contributed by atoms with Gasteiger partial charge in [-0.25, -0.2) is 0 Å². The summed E-state index contributed by atoms with van der Waals surface area (Å²) in [5, 5.41) is 27.1. The van der Waals surface area contributed by atoms with Crippen LogP contribution in [0, 0.1) is 22.7 Å². The summed E-state index contributed by atoms with van der Waals surface area (Å²) in [6.45, 7) is 5.85. The zero-order valence-corrected chi connectivity index (χ0v) is 20.1. The molecule has 1 aliphatic heterocycles. The maximum atomic E-state index is 13.2. The van der Waals surface area contributed by atoms with Crippen LogP contribution in [0.3, 0.4) is 0 Å². The molecule has 0 bridgehead atoms. The van der Waals surface area contributed by atoms with E-state index >= 15 is 0 Å². The lowest BCUT2D eigenvalue weighted by Crippen LogP contribution is -2.24. The van der Waals surface area contributed by atoms with Crippen LogP contribution in [-0.2, 0) is 4.79 Å². The number of carbonyl (C=O) groups excluding carboxylic acids is 1. The third kappa shape index (κ3) is 4.44. The molecule has 2 aromatic carbocycles. The first-order valence-corrected chi connectivity index (χ1v) is 10.7. The molecule has 9 heteroatoms. The van der Waals surface area contributed by atoms with Crippen LogP contribution >= 0.6 is 45.2 Å². The first-order chi connectivity index (χ1) is 13.5. The molecular formula is C20H17I2N3O4. The predicted molar refractivity (Wildman–Crippen MR) is 129 cm³/mol. The fourth-order valence-corrected chi connectivity index (χ4v) is 4.73. The Kier molecular flexibility index (Phi) is 5.99. The maximum absolute atomic E-state index is 13.2. The molecule has 0 aliphatic carbocycles. The van der Waals surface area contributed by atoms with Crippen LogP contribution in [0.5, 0.6) is 5.75 Å². The Morgan fingerprint density at radius 3 is 2.34 bits per heavy atom. The number of benzene rings is 2. The van der Waals surface area contributed by atoms with Gasteiger partial charge in [-0.15, -0.1) is 0 Å². The highest BCUT2D eigenvalue weighted by Crippen LogP contribution is 2.35. The minimum atomic E-state index is -0.494. The van der Waals surface area contributed by atoms with Crippen molar-refractivity contribution in [2.45, 2.75) is 20.8 Å². The van der Waals surface area contributed by atoms with Gasteiger partial charge in [0, 0.05) is 26.7 Å². The summed E-state index contributed by atoms with van der Waals surface area (Å²) < 4.78 is 1.62. The molecule has 1 aliphatic rings. The zero-order valence-electron chi connectivity index (χ0n) is 15.8. The summed E-state index contributed by atoms with van der Waals surface area (Å²) in [4.78, 5) is 23.6. The molecule has 0 fully saturated rings. The number of hydrogen-bond acceptors (Lipinski definition) is 5. The van der Waals surface area contributed by atoms with E-state index in [4.69, 9.17) is 0 Å². The van der Waals surface area contributed by atoms with Crippen molar-refractivity contribution in [3.8, 4) is 5.75 Å². The molecule has 0 spiro atoms. The molecule has 150 valence electrons. The molecule has 0 saturated carbocycles. The quantitative estimate of drug-likeness (QED) is 0.218. The molecule has 1 heterocycles. The summed E-state index contributed by atoms with van der Waals surface area (Å²) >= 11 is 4.20. The van der Waals surface area contributed by atoms with Crippen LogP contribution in [0.4, 0.5) is 11.4 Å². The Balaban J connectivity index is 2.10. The summed E-state index contributed by atoms with van der Waals surface area (Å²) in [5.41, 5.74) is 1.44. The van der Waals surface area contributed by atoms with Gasteiger partial charge in [-0.3, -0.25) is 14.9 Å². The number of hydrazone groups is 1. The van der Waals surface area contributed by atoms with Crippen molar-refractivity contribution in [2.75, 3.05) is 5.01 Å². The van der Waals surface area contributed by atoms with Crippen LogP contribution in [0.15, 0.2) is 47.1 Å². The Morgan fingerprint density at radius 1 is 1.17 bits per heavy atom. The lowest BCUT2D eigenvalue weighted by atomic mass is 9.85. The van der Waals surface area contributed by atoms with Gasteiger partial charge in [0.1, 0.15) is 5.75 Å². The average molecular weight is 617 g/mol. The Hall–Kier alpha value is -2.02. The van der Waals surface area contributed by atoms with E-state index in [0.717, 1.165) is 3.57 Å². The number of rotatable bonds is 3. The molecule has 1 amide bonds. The minimum absolute atomic E-state index is 0.0606. The number of nitrogens with zero attached hydrogens (tertiary/aromatic N) is 3. The van der Waals surface area contributed by atoms with Gasteiger partial charge in [0.25, 0.3) is 11.6 Å². The fraction of sp³-hybridized carbons (Fsp3) is 0.200. The van der Waals surface area contributed by atoms with E-state index < -0.39 is 10.3 Å². The molecule has 3 rings (SSSR count). The number of amides is 1. The normalized spacial score (nSPS) is 15.8. The highest BCUT2D eigenvalue weighted by Gasteiger charge is 2.37. The molecule has 7 nitrogen and oxygen atoms in total. The Bertz CT molecular complexity index is 1070. The molecule has 2 aromatic rings. The van der Waals surface area contributed by atoms with Crippen LogP contribution in [0.2, 0.25) is 0 Å². The standard InChI is InChI=1S/C20H17I2N3O4/c1-20(2,3)18-15(9-11-8-12(21)10-16(22)17(11)26)19(27)24(23-18)13-4-6-14(7-5-13)25(28)29/h4-10,26H,1-3H3. The van der Waals surface area contributed by atoms with Crippen LogP contribution in [0.1, 0.15) is 26.3 Å². The number of non-ortho nitro benzene ring substituents is 1. The number of nitro groups is 1. The smallest absolute Gasteiger partial charge is 0.280 e. The van der Waals surface area contributed by atoms with Crippen LogP contribution < -0.4 is 5.01 Å². The largest absolute Gasteiger partial charge is 0.506 e. The van der Waals surface area contributed by atoms with Crippen molar-refractivity contribution in [1.29, 1.82) is 0 Å². The summed E-state index contributed by atoms with van der Waals surface area (Å²) in [5.74, 6) is -0.245. The summed E-state index contributed by atoms with van der Waals surface area (Å²) in [7, 11) is 0. The number of phenols is 1. The van der Waals surface area contributed by atoms with E-state index in [1.807, 2.05) is 49.4 Å². The van der Waals surface area contributed by atoms with Gasteiger partial charge in [-0.2, -0.15) is 10.1 Å². The molecule has 0 unspecified atom stereocenters. The molecule has 0 aromatic heterocycles. The lowest BCUT2D eigenvalue weighted by molar-refractivity contribution is -0.384. The monoisotopic (exact) mass is 617 g/mol. The average Bonchev–Trinajstić information content (AvgIpc) is 2.96. The summed E-state index contributed by atoms with van der Waals surface area (Å²) in [6, 6.07) is 9.31. The minimum Gasteiger partial charge on any atom is -0.506 e. The van der Waals surface area contributed by atoms with Crippen molar-refractivity contribution in [2.24, 2.45) is 10.5 Å². The van der Waals surface area contributed by atoms with Gasteiger partial charge in [-0.1, -0.05) is 20.8 Å². The van der Waals surface area contributed by atoms with Gasteiger partial charge >= 0.3 is 0 Å². The van der Waals surface area contributed by atoms with Crippen molar-refractivity contribution < 1.29 is 14.8 Å². The second-order valence-electron chi connectivity index (χ2n) is 7.47. The number of anilines is 1. The van der Waals surface area contributed by atoms with Gasteiger partial charge in [0.05, 0.1) is 25.5 Å². The fourth-order valence-electron chi connectivity index (χ4n) is 2.84. The SMILES string of the molecule is CC(C)(C)C1=NN(c2ccc([N+](=O)[O-])cc2)C(=O)C1=Cc1cc(I)cc(I)c1O. The number of phenolic OH excluding ortho intramolecular Hbond substituents is 1. The third-order valence-corrected chi connectivity index (χ3v) is 5.70. The molecule has 0 saturated heterocycles. The van der Waals surface area contributed by atoms with Crippen molar-refractivity contribution in [1.82, 2.24) is 0 Å². The van der Waals surface area contributed by atoms with Gasteiger partial charge in [-0.05, 0) is 75.5 Å². The number of halogens is 2. The zero-order chi connectivity index (χ0) is 21.5. The molecule has 1 N–H and O–H groups in total. The van der Waals surface area contributed by atoms with E-state index in [2.05, 4.69) is 27.7 Å². The number of carbonyl (C=O) groups is 1. The number of nitro benzene ring substituents is 1. The first-order valence-electron chi connectivity index (χ1n) is 8.57. The second kappa shape index (κ2) is 8.01. The molecule has 0 atom stereocenters. The van der Waals surface area contributed by atoms with E-state index in [0.29, 0.717) is 26.1 Å². The molecular weight excluding hydrogens is 600 g/mol. The van der Waals surface area contributed by atoms with Crippen molar-refractivity contribution >= 4 is 74.3 Å². The van der Waals surface area contributed by atoms with E-state index in [1.54, 1.807) is 12.1 Å². The lowest BCUT2D eigenvalue weighted by Gasteiger charge is -2.18. The summed E-state index contributed by atoms with van der Waals surface area (Å²) in [6.07, 6.45) is 1.65. The maximum Gasteiger partial charge on any atom is 0.280 e. The van der Waals surface area contributed by atoms with E-state index in [-0.39, 0.29) is 17.3 Å². The Morgan fingerprint density at radius 2 is 1.79 bits per heavy atom. The van der Waals surface area contributed by atoms with E-state index in [1.165, 1.54) is 29.3 Å². The van der Waals surface area contributed by atoms with Crippen molar-refractivity contribution in [3.63, 3.8) is 0 Å². The Labute approximate surface area is 194 Å². The second-order valence-corrected chi connectivity index (χ2v) is 9.88. The van der Waals surface area contributed by atoms with Gasteiger partial charge in [0.15, 0.2) is 0 Å². The number of aromatic hydroxyl groups is 1.